The molecule has 2 saturated heterocycles. The number of ether oxygens (including phenoxy) is 2. The second kappa shape index (κ2) is 11.8. The van der Waals surface area contributed by atoms with Crippen molar-refractivity contribution in [3.8, 4) is 0 Å². The van der Waals surface area contributed by atoms with E-state index in [-0.39, 0.29) is 29.4 Å². The van der Waals surface area contributed by atoms with Gasteiger partial charge < -0.3 is 40.6 Å². The highest BCUT2D eigenvalue weighted by Gasteiger charge is 2.50. The van der Waals surface area contributed by atoms with Gasteiger partial charge in [0, 0.05) is 17.2 Å². The van der Waals surface area contributed by atoms with E-state index in [0.717, 1.165) is 10.9 Å². The number of hydrogen-bond acceptors (Lipinski definition) is 16. The zero-order valence-electron chi connectivity index (χ0n) is 22.3. The Morgan fingerprint density at radius 3 is 2.73 bits per heavy atom. The van der Waals surface area contributed by atoms with Crippen molar-refractivity contribution < 1.29 is 52.2 Å². The number of phosphoric acid groups is 1. The predicted octanol–water partition coefficient (Wildman–Crippen LogP) is -1.20. The fraction of sp³-hybridized carbons (Fsp3) is 0.476. The first-order valence-electron chi connectivity index (χ1n) is 12.8. The summed E-state index contributed by atoms with van der Waals surface area (Å²) in [5.74, 6) is -0.0268. The number of aromatic nitrogens is 7. The van der Waals surface area contributed by atoms with Gasteiger partial charge >= 0.3 is 16.1 Å². The van der Waals surface area contributed by atoms with E-state index in [4.69, 9.17) is 34.5 Å². The monoisotopic (exact) mass is 658 g/mol. The number of hydrogen-bond donors (Lipinski definition) is 7. The molecule has 6 rings (SSSR count). The van der Waals surface area contributed by atoms with Crippen LogP contribution < -0.4 is 17.0 Å². The maximum absolute atomic E-state index is 13.1. The van der Waals surface area contributed by atoms with Gasteiger partial charge in [-0.1, -0.05) is 0 Å². The highest BCUT2D eigenvalue weighted by molar-refractivity contribution is 7.47. The van der Waals surface area contributed by atoms with E-state index in [2.05, 4.69) is 24.9 Å². The third kappa shape index (κ3) is 5.71. The molecular weight excluding hydrogens is 632 g/mol. The zero-order valence-corrected chi connectivity index (χ0v) is 24.0. The van der Waals surface area contributed by atoms with Crippen LogP contribution in [0.3, 0.4) is 0 Å². The average molecular weight is 658 g/mol. The van der Waals surface area contributed by atoms with Gasteiger partial charge in [0.2, 0.25) is 5.95 Å². The molecule has 2 fully saturated rings. The Labute approximate surface area is 245 Å². The summed E-state index contributed by atoms with van der Waals surface area (Å²) in [5, 5.41) is 21.0. The summed E-state index contributed by atoms with van der Waals surface area (Å²) in [6.45, 7) is -1.36. The molecule has 0 aliphatic carbocycles. The van der Waals surface area contributed by atoms with Crippen molar-refractivity contribution in [3.05, 3.63) is 35.3 Å². The lowest BCUT2D eigenvalue weighted by molar-refractivity contribution is -0.0578. The third-order valence-corrected chi connectivity index (χ3v) is 8.57. The van der Waals surface area contributed by atoms with Crippen LogP contribution in [0.15, 0.2) is 29.7 Å². The molecule has 5 unspecified atom stereocenters. The van der Waals surface area contributed by atoms with Crippen LogP contribution in [0.5, 0.6) is 0 Å². The number of nitrogens with zero attached hydrogens (tertiary/aromatic N) is 6. The lowest BCUT2D eigenvalue weighted by atomic mass is 10.1. The van der Waals surface area contributed by atoms with Crippen molar-refractivity contribution in [3.63, 3.8) is 0 Å². The molecule has 4 aromatic heterocycles. The van der Waals surface area contributed by atoms with Crippen LogP contribution in [-0.2, 0) is 32.2 Å². The van der Waals surface area contributed by atoms with Gasteiger partial charge in [0.25, 0.3) is 5.56 Å². The maximum Gasteiger partial charge on any atom is 0.695 e. The van der Waals surface area contributed by atoms with E-state index < -0.39 is 77.8 Å². The molecule has 9 N–H and O–H groups in total. The number of rotatable bonds is 10. The minimum absolute atomic E-state index is 0.0261. The molecular formula is C21H26N9O12P2+. The van der Waals surface area contributed by atoms with Gasteiger partial charge in [-0.05, 0) is 6.07 Å². The van der Waals surface area contributed by atoms with E-state index >= 15 is 0 Å². The summed E-state index contributed by atoms with van der Waals surface area (Å²) in [7, 11) is -8.14. The van der Waals surface area contributed by atoms with Gasteiger partial charge in [0.1, 0.15) is 54.5 Å². The van der Waals surface area contributed by atoms with E-state index in [1.165, 1.54) is 6.33 Å². The normalized spacial score (nSPS) is 29.0. The molecule has 2 aliphatic heterocycles. The summed E-state index contributed by atoms with van der Waals surface area (Å²) in [6.07, 6.45) is -4.96. The summed E-state index contributed by atoms with van der Waals surface area (Å²) in [5.41, 5.74) is 11.1. The molecule has 0 bridgehead atoms. The summed E-state index contributed by atoms with van der Waals surface area (Å²) < 4.78 is 54.6. The first-order valence-corrected chi connectivity index (χ1v) is 15.5. The number of aromatic amines is 1. The van der Waals surface area contributed by atoms with Crippen LogP contribution in [-0.4, -0.2) is 97.8 Å². The minimum atomic E-state index is -5.06. The second-order valence-corrected chi connectivity index (χ2v) is 11.9. The first-order chi connectivity index (χ1) is 21.0. The molecule has 2 aliphatic rings. The fourth-order valence-electron chi connectivity index (χ4n) is 5.16. The number of imidazole rings is 1. The molecule has 0 spiro atoms. The average Bonchev–Trinajstić information content (AvgIpc) is 3.73. The predicted molar refractivity (Wildman–Crippen MR) is 145 cm³/mol. The minimum Gasteiger partial charge on any atom is -0.394 e. The first kappa shape index (κ1) is 30.6. The van der Waals surface area contributed by atoms with Gasteiger partial charge in [-0.2, -0.15) is 4.98 Å². The molecule has 9 atom stereocenters. The summed E-state index contributed by atoms with van der Waals surface area (Å²) in [6, 6.07) is 1.66. The van der Waals surface area contributed by atoms with Crippen molar-refractivity contribution in [1.82, 2.24) is 34.1 Å². The van der Waals surface area contributed by atoms with Crippen LogP contribution in [0, 0.1) is 0 Å². The second-order valence-electron chi connectivity index (χ2n) is 9.81. The van der Waals surface area contributed by atoms with Gasteiger partial charge in [-0.25, -0.2) is 19.5 Å². The van der Waals surface area contributed by atoms with Crippen molar-refractivity contribution in [1.29, 1.82) is 0 Å². The fourth-order valence-corrected chi connectivity index (χ4v) is 6.54. The molecule has 0 radical (unpaired) electrons. The summed E-state index contributed by atoms with van der Waals surface area (Å²) in [4.78, 5) is 50.6. The molecule has 0 saturated carbocycles. The highest BCUT2D eigenvalue weighted by atomic mass is 31.2. The maximum atomic E-state index is 13.1. The lowest BCUT2D eigenvalue weighted by Gasteiger charge is -2.25. The van der Waals surface area contributed by atoms with E-state index in [9.17, 15) is 33.9 Å². The number of nitrogen functional groups attached to an aromatic ring is 2. The Bertz CT molecular complexity index is 1820. The number of fused-ring (bicyclic) bond motifs is 2. The molecule has 0 aromatic carbocycles. The van der Waals surface area contributed by atoms with Gasteiger partial charge in [0.15, 0.2) is 17.4 Å². The van der Waals surface area contributed by atoms with Gasteiger partial charge in [0.05, 0.1) is 24.9 Å². The molecule has 44 heavy (non-hydrogen) atoms. The smallest absolute Gasteiger partial charge is 0.394 e. The van der Waals surface area contributed by atoms with Gasteiger partial charge in [-0.3, -0.25) is 23.4 Å². The molecule has 23 heteroatoms. The standard InChI is InChI=1S/C21H25N9O12P2/c22-16-8-1-2-29(17(8)25-6-24-16)12-3-9(41-43(34)35)11(39-12)5-38-44(36,37)42-15-14(32)10(4-31)40-20(15)30-7-26-13-18(30)27-21(23)28-19(13)33/h1-2,6-7,9-12,14-15,20,31-32H,3-5H2,(H6-,22,23,24,25,27,28,33,34,35,36,37)/p+1/t9?,10-,11-,12-,14?,15?,20-/m1/s1. The van der Waals surface area contributed by atoms with Crippen molar-refractivity contribution in [2.24, 2.45) is 0 Å². The Kier molecular flexibility index (Phi) is 8.20. The lowest BCUT2D eigenvalue weighted by Crippen LogP contribution is -2.35. The molecule has 4 aromatic rings. The Morgan fingerprint density at radius 1 is 1.18 bits per heavy atom. The van der Waals surface area contributed by atoms with Crippen LogP contribution in [0.25, 0.3) is 22.2 Å². The number of H-pyrrole nitrogens is 1. The number of anilines is 2. The van der Waals surface area contributed by atoms with E-state index in [0.29, 0.717) is 11.0 Å². The van der Waals surface area contributed by atoms with Crippen LogP contribution in [0.2, 0.25) is 0 Å². The zero-order chi connectivity index (χ0) is 31.3. The Hall–Kier alpha value is -3.46. The van der Waals surface area contributed by atoms with Gasteiger partial charge in [-0.15, -0.1) is 9.42 Å². The van der Waals surface area contributed by atoms with Crippen LogP contribution >= 0.6 is 16.1 Å². The van der Waals surface area contributed by atoms with E-state index in [1.54, 1.807) is 16.8 Å². The number of nitrogens with one attached hydrogen (secondary N) is 1. The Balaban J connectivity index is 1.20. The topological polar surface area (TPSA) is 308 Å². The summed E-state index contributed by atoms with van der Waals surface area (Å²) >= 11 is 0. The molecule has 0 amide bonds. The molecule has 21 nitrogen and oxygen atoms in total. The molecule has 236 valence electrons. The number of aliphatic hydroxyl groups excluding tert-OH is 2. The van der Waals surface area contributed by atoms with E-state index in [1.807, 2.05) is 0 Å². The van der Waals surface area contributed by atoms with Crippen molar-refractivity contribution >= 4 is 50.0 Å². The van der Waals surface area contributed by atoms with Crippen molar-refractivity contribution in [2.75, 3.05) is 24.7 Å². The Morgan fingerprint density at radius 2 is 1.98 bits per heavy atom. The third-order valence-electron chi connectivity index (χ3n) is 7.13. The molecule has 6 heterocycles. The number of aliphatic hydroxyl groups is 2. The quantitative estimate of drug-likeness (QED) is 0.0984. The number of nitrogens with two attached hydrogens (primary N) is 2. The van der Waals surface area contributed by atoms with Crippen molar-refractivity contribution in [2.45, 2.75) is 49.4 Å². The van der Waals surface area contributed by atoms with Crippen LogP contribution in [0.4, 0.5) is 11.8 Å². The SMILES string of the molecule is Nc1nc2c(ncn2[C@@H]2O[C@H](CO)C(O)C2OP(=O)(O)OC[C@H]2O[C@@H](n3ccc4c(N)ncnc43)CC2O[P+](=O)O)c(=O)[nH]1. The largest absolute Gasteiger partial charge is 0.695 e. The number of phosphoric ester groups is 1. The van der Waals surface area contributed by atoms with Crippen LogP contribution in [0.1, 0.15) is 18.9 Å². The highest BCUT2D eigenvalue weighted by Crippen LogP contribution is 2.50.